The van der Waals surface area contributed by atoms with Crippen LogP contribution in [0, 0.1) is 6.92 Å². The SMILES string of the molecule is Cc1nn(C)c(C(=O)OCc2ccc(Cl)c(Cl)c2)c1N. The highest BCUT2D eigenvalue weighted by atomic mass is 35.5. The first-order chi connectivity index (χ1) is 9.40. The second-order valence-electron chi connectivity index (χ2n) is 4.30. The van der Waals surface area contributed by atoms with Crippen molar-refractivity contribution in [2.24, 2.45) is 7.05 Å². The average Bonchev–Trinajstić information content (AvgIpc) is 2.64. The molecule has 20 heavy (non-hydrogen) atoms. The van der Waals surface area contributed by atoms with E-state index in [-0.39, 0.29) is 12.3 Å². The van der Waals surface area contributed by atoms with Gasteiger partial charge in [0.1, 0.15) is 6.61 Å². The minimum atomic E-state index is -0.531. The van der Waals surface area contributed by atoms with Crippen molar-refractivity contribution in [2.75, 3.05) is 5.73 Å². The van der Waals surface area contributed by atoms with E-state index in [9.17, 15) is 4.79 Å². The van der Waals surface area contributed by atoms with Crippen LogP contribution < -0.4 is 5.73 Å². The zero-order valence-electron chi connectivity index (χ0n) is 11.0. The fraction of sp³-hybridized carbons (Fsp3) is 0.231. The summed E-state index contributed by atoms with van der Waals surface area (Å²) in [6.45, 7) is 1.81. The van der Waals surface area contributed by atoms with E-state index in [0.29, 0.717) is 21.4 Å². The van der Waals surface area contributed by atoms with Crippen LogP contribution in [0.2, 0.25) is 10.0 Å². The first kappa shape index (κ1) is 14.7. The summed E-state index contributed by atoms with van der Waals surface area (Å²) in [5, 5.41) is 4.93. The first-order valence-corrected chi connectivity index (χ1v) is 6.56. The Balaban J connectivity index is 2.10. The molecule has 0 aliphatic carbocycles. The predicted molar refractivity (Wildman–Crippen MR) is 77.9 cm³/mol. The van der Waals surface area contributed by atoms with Crippen molar-refractivity contribution in [1.29, 1.82) is 0 Å². The third kappa shape index (κ3) is 2.89. The highest BCUT2D eigenvalue weighted by molar-refractivity contribution is 6.42. The Kier molecular flexibility index (Phi) is 4.20. The Morgan fingerprint density at radius 3 is 2.65 bits per heavy atom. The maximum atomic E-state index is 12.0. The van der Waals surface area contributed by atoms with E-state index in [4.69, 9.17) is 33.7 Å². The number of nitrogens with zero attached hydrogens (tertiary/aromatic N) is 2. The van der Waals surface area contributed by atoms with Gasteiger partial charge in [0.05, 0.1) is 21.4 Å². The minimum absolute atomic E-state index is 0.0827. The lowest BCUT2D eigenvalue weighted by Crippen LogP contribution is -2.12. The van der Waals surface area contributed by atoms with Crippen molar-refractivity contribution in [2.45, 2.75) is 13.5 Å². The van der Waals surface area contributed by atoms with E-state index in [1.807, 2.05) is 0 Å². The Bertz CT molecular complexity index is 668. The molecule has 0 aliphatic heterocycles. The van der Waals surface area contributed by atoms with Gasteiger partial charge in [0.2, 0.25) is 0 Å². The Labute approximate surface area is 126 Å². The molecule has 0 bridgehead atoms. The number of aryl methyl sites for hydroxylation is 2. The summed E-state index contributed by atoms with van der Waals surface area (Å²) in [7, 11) is 1.64. The maximum absolute atomic E-state index is 12.0. The molecule has 0 fully saturated rings. The number of esters is 1. The third-order valence-electron chi connectivity index (χ3n) is 2.82. The number of hydrogen-bond acceptors (Lipinski definition) is 4. The number of halogens is 2. The highest BCUT2D eigenvalue weighted by Crippen LogP contribution is 2.23. The number of aromatic nitrogens is 2. The molecule has 7 heteroatoms. The van der Waals surface area contributed by atoms with Gasteiger partial charge in [-0.1, -0.05) is 29.3 Å². The summed E-state index contributed by atoms with van der Waals surface area (Å²) < 4.78 is 6.61. The number of benzene rings is 1. The highest BCUT2D eigenvalue weighted by Gasteiger charge is 2.19. The van der Waals surface area contributed by atoms with Gasteiger partial charge < -0.3 is 10.5 Å². The number of nitrogens with two attached hydrogens (primary N) is 1. The van der Waals surface area contributed by atoms with Gasteiger partial charge in [0.25, 0.3) is 0 Å². The van der Waals surface area contributed by atoms with Gasteiger partial charge in [-0.25, -0.2) is 4.79 Å². The summed E-state index contributed by atoms with van der Waals surface area (Å²) >= 11 is 11.7. The maximum Gasteiger partial charge on any atom is 0.359 e. The number of ether oxygens (including phenoxy) is 1. The van der Waals surface area contributed by atoms with Crippen LogP contribution in [0.15, 0.2) is 18.2 Å². The summed E-state index contributed by atoms with van der Waals surface area (Å²) in [5.41, 5.74) is 7.69. The normalized spacial score (nSPS) is 10.6. The molecule has 2 N–H and O–H groups in total. The largest absolute Gasteiger partial charge is 0.456 e. The number of anilines is 1. The van der Waals surface area contributed by atoms with Gasteiger partial charge in [0, 0.05) is 7.05 Å². The molecule has 2 aromatic rings. The molecule has 2 rings (SSSR count). The zero-order chi connectivity index (χ0) is 14.9. The summed E-state index contributed by atoms with van der Waals surface area (Å²) in [5.74, 6) is -0.531. The Morgan fingerprint density at radius 2 is 2.10 bits per heavy atom. The quantitative estimate of drug-likeness (QED) is 0.884. The van der Waals surface area contributed by atoms with Crippen molar-refractivity contribution in [3.8, 4) is 0 Å². The number of carbonyl (C=O) groups is 1. The van der Waals surface area contributed by atoms with Gasteiger partial charge >= 0.3 is 5.97 Å². The van der Waals surface area contributed by atoms with E-state index in [1.54, 1.807) is 32.2 Å². The topological polar surface area (TPSA) is 70.1 Å². The third-order valence-corrected chi connectivity index (χ3v) is 3.55. The molecule has 0 radical (unpaired) electrons. The summed E-state index contributed by atoms with van der Waals surface area (Å²) in [6.07, 6.45) is 0. The van der Waals surface area contributed by atoms with Gasteiger partial charge in [-0.2, -0.15) is 5.10 Å². The molecule has 1 heterocycles. The Hall–Kier alpha value is -1.72. The Morgan fingerprint density at radius 1 is 1.40 bits per heavy atom. The molecule has 0 spiro atoms. The number of hydrogen-bond donors (Lipinski definition) is 1. The minimum Gasteiger partial charge on any atom is -0.456 e. The van der Waals surface area contributed by atoms with Crippen LogP contribution in [0.1, 0.15) is 21.7 Å². The van der Waals surface area contributed by atoms with Crippen LogP contribution in [0.5, 0.6) is 0 Å². The van der Waals surface area contributed by atoms with E-state index in [1.165, 1.54) is 4.68 Å². The molecule has 1 aromatic heterocycles. The monoisotopic (exact) mass is 313 g/mol. The fourth-order valence-corrected chi connectivity index (χ4v) is 2.08. The lowest BCUT2D eigenvalue weighted by molar-refractivity contribution is 0.0461. The average molecular weight is 314 g/mol. The molecular weight excluding hydrogens is 301 g/mol. The lowest BCUT2D eigenvalue weighted by Gasteiger charge is -2.07. The fourth-order valence-electron chi connectivity index (χ4n) is 1.76. The molecule has 0 aliphatic rings. The molecule has 0 atom stereocenters. The summed E-state index contributed by atoms with van der Waals surface area (Å²) in [6, 6.07) is 5.03. The van der Waals surface area contributed by atoms with Crippen LogP contribution in [-0.2, 0) is 18.4 Å². The second-order valence-corrected chi connectivity index (χ2v) is 5.11. The number of carbonyl (C=O) groups excluding carboxylic acids is 1. The van der Waals surface area contributed by atoms with Crippen LogP contribution in [0.4, 0.5) is 5.69 Å². The van der Waals surface area contributed by atoms with E-state index in [0.717, 1.165) is 5.56 Å². The smallest absolute Gasteiger partial charge is 0.359 e. The second kappa shape index (κ2) is 5.73. The van der Waals surface area contributed by atoms with Gasteiger partial charge in [-0.3, -0.25) is 4.68 Å². The van der Waals surface area contributed by atoms with Gasteiger partial charge in [0.15, 0.2) is 5.69 Å². The van der Waals surface area contributed by atoms with Crippen molar-refractivity contribution < 1.29 is 9.53 Å². The van der Waals surface area contributed by atoms with E-state index < -0.39 is 5.97 Å². The van der Waals surface area contributed by atoms with E-state index in [2.05, 4.69) is 5.10 Å². The van der Waals surface area contributed by atoms with Gasteiger partial charge in [-0.15, -0.1) is 0 Å². The summed E-state index contributed by atoms with van der Waals surface area (Å²) in [4.78, 5) is 12.0. The van der Waals surface area contributed by atoms with Crippen molar-refractivity contribution in [3.63, 3.8) is 0 Å². The van der Waals surface area contributed by atoms with Crippen LogP contribution in [-0.4, -0.2) is 15.7 Å². The molecule has 0 saturated carbocycles. The standard InChI is InChI=1S/C13H13Cl2N3O2/c1-7-11(16)12(18(2)17-7)13(19)20-6-8-3-4-9(14)10(15)5-8/h3-5H,6,16H2,1-2H3. The molecule has 0 unspecified atom stereocenters. The van der Waals surface area contributed by atoms with Crippen molar-refractivity contribution >= 4 is 34.9 Å². The van der Waals surface area contributed by atoms with Crippen molar-refractivity contribution in [1.82, 2.24) is 9.78 Å². The van der Waals surface area contributed by atoms with Crippen LogP contribution in [0.3, 0.4) is 0 Å². The zero-order valence-corrected chi connectivity index (χ0v) is 12.5. The predicted octanol–water partition coefficient (Wildman–Crippen LogP) is 2.97. The van der Waals surface area contributed by atoms with E-state index >= 15 is 0 Å². The molecule has 1 aromatic carbocycles. The molecule has 0 saturated heterocycles. The first-order valence-electron chi connectivity index (χ1n) is 5.80. The molecule has 106 valence electrons. The molecule has 0 amide bonds. The van der Waals surface area contributed by atoms with Crippen LogP contribution >= 0.6 is 23.2 Å². The van der Waals surface area contributed by atoms with Gasteiger partial charge in [-0.05, 0) is 24.6 Å². The number of rotatable bonds is 3. The van der Waals surface area contributed by atoms with Crippen molar-refractivity contribution in [3.05, 3.63) is 45.2 Å². The lowest BCUT2D eigenvalue weighted by atomic mass is 10.2. The van der Waals surface area contributed by atoms with Crippen LogP contribution in [0.25, 0.3) is 0 Å². The molecular formula is C13H13Cl2N3O2. The number of nitrogen functional groups attached to an aromatic ring is 1. The molecule has 5 nitrogen and oxygen atoms in total.